The van der Waals surface area contributed by atoms with E-state index in [-0.39, 0.29) is 22.5 Å². The summed E-state index contributed by atoms with van der Waals surface area (Å²) >= 11 is 6.47. The van der Waals surface area contributed by atoms with Gasteiger partial charge in [0.2, 0.25) is 0 Å². The highest BCUT2D eigenvalue weighted by Gasteiger charge is 2.39. The lowest BCUT2D eigenvalue weighted by molar-refractivity contribution is -0.149. The molecule has 1 fully saturated rings. The number of halogens is 1. The summed E-state index contributed by atoms with van der Waals surface area (Å²) in [6, 6.07) is 0. The van der Waals surface area contributed by atoms with E-state index in [1.165, 1.54) is 0 Å². The first-order chi connectivity index (χ1) is 10.1. The molecule has 1 rings (SSSR count). The van der Waals surface area contributed by atoms with E-state index < -0.39 is 8.32 Å². The number of rotatable bonds is 6. The Morgan fingerprint density at radius 1 is 1.23 bits per heavy atom. The van der Waals surface area contributed by atoms with Gasteiger partial charge in [0.15, 0.2) is 8.32 Å². The normalized spacial score (nSPS) is 24.9. The minimum atomic E-state index is -1.80. The van der Waals surface area contributed by atoms with Gasteiger partial charge in [-0.15, -0.1) is 0 Å². The second-order valence-corrected chi connectivity index (χ2v) is 13.2. The summed E-state index contributed by atoms with van der Waals surface area (Å²) < 4.78 is 11.3. The third-order valence-corrected chi connectivity index (χ3v) is 10.1. The molecule has 1 atom stereocenters. The van der Waals surface area contributed by atoms with Crippen LogP contribution in [0.5, 0.6) is 0 Å². The molecule has 0 aromatic carbocycles. The van der Waals surface area contributed by atoms with E-state index >= 15 is 0 Å². The lowest BCUT2D eigenvalue weighted by atomic mass is 9.81. The minimum Gasteiger partial charge on any atom is -0.466 e. The Bertz CT molecular complexity index is 357. The Morgan fingerprint density at radius 3 is 2.23 bits per heavy atom. The van der Waals surface area contributed by atoms with Gasteiger partial charge in [-0.3, -0.25) is 4.79 Å². The molecule has 1 aliphatic rings. The van der Waals surface area contributed by atoms with Crippen LogP contribution >= 0.6 is 11.6 Å². The van der Waals surface area contributed by atoms with Gasteiger partial charge in [-0.25, -0.2) is 0 Å². The van der Waals surface area contributed by atoms with E-state index in [0.717, 1.165) is 32.1 Å². The molecule has 0 amide bonds. The maximum Gasteiger partial charge on any atom is 0.308 e. The number of alkyl halides is 1. The molecule has 0 heterocycles. The van der Waals surface area contributed by atoms with E-state index in [1.54, 1.807) is 0 Å². The van der Waals surface area contributed by atoms with Crippen LogP contribution in [0.2, 0.25) is 18.1 Å². The van der Waals surface area contributed by atoms with Crippen molar-refractivity contribution < 1.29 is 14.0 Å². The second-order valence-electron chi connectivity index (χ2n) is 7.99. The molecule has 1 saturated carbocycles. The predicted octanol–water partition coefficient (Wildman–Crippen LogP) is 5.33. The molecule has 0 bridgehead atoms. The lowest BCUT2D eigenvalue weighted by Crippen LogP contribution is -2.43. The Labute approximate surface area is 142 Å². The van der Waals surface area contributed by atoms with Crippen molar-refractivity contribution in [2.75, 3.05) is 6.61 Å². The van der Waals surface area contributed by atoms with E-state index in [2.05, 4.69) is 33.9 Å². The van der Waals surface area contributed by atoms with Crippen molar-refractivity contribution >= 4 is 25.9 Å². The topological polar surface area (TPSA) is 35.5 Å². The van der Waals surface area contributed by atoms with Gasteiger partial charge >= 0.3 is 5.97 Å². The van der Waals surface area contributed by atoms with Gasteiger partial charge < -0.3 is 9.16 Å². The molecule has 1 unspecified atom stereocenters. The van der Waals surface area contributed by atoms with Crippen molar-refractivity contribution in [2.45, 2.75) is 83.5 Å². The first-order valence-electron chi connectivity index (χ1n) is 8.55. The number of hydrogen-bond acceptors (Lipinski definition) is 3. The zero-order chi connectivity index (χ0) is 17.0. The first kappa shape index (κ1) is 20.0. The summed E-state index contributed by atoms with van der Waals surface area (Å²) in [4.78, 5) is 11.8. The number of carbonyl (C=O) groups excluding carboxylic acids is 1. The van der Waals surface area contributed by atoms with Crippen LogP contribution in [0.4, 0.5) is 0 Å². The van der Waals surface area contributed by atoms with Crippen molar-refractivity contribution in [1.82, 2.24) is 0 Å². The Kier molecular flexibility index (Phi) is 7.41. The van der Waals surface area contributed by atoms with E-state index in [4.69, 9.17) is 20.8 Å². The summed E-state index contributed by atoms with van der Waals surface area (Å²) in [5.74, 6) is 0.630. The van der Waals surface area contributed by atoms with Crippen LogP contribution in [0.1, 0.15) is 59.8 Å². The maximum atomic E-state index is 11.8. The van der Waals surface area contributed by atoms with Gasteiger partial charge in [-0.2, -0.15) is 0 Å². The van der Waals surface area contributed by atoms with E-state index in [9.17, 15) is 4.79 Å². The van der Waals surface area contributed by atoms with Gasteiger partial charge in [-0.1, -0.05) is 32.4 Å². The number of ether oxygens (including phenoxy) is 1. The number of esters is 1. The Morgan fingerprint density at radius 2 is 1.77 bits per heavy atom. The quantitative estimate of drug-likeness (QED) is 0.369. The third-order valence-electron chi connectivity index (χ3n) is 5.21. The minimum absolute atomic E-state index is 0.0269. The fourth-order valence-corrected chi connectivity index (χ4v) is 4.71. The molecule has 130 valence electrons. The van der Waals surface area contributed by atoms with Gasteiger partial charge in [0.05, 0.1) is 12.5 Å². The highest BCUT2D eigenvalue weighted by molar-refractivity contribution is 6.74. The SMILES string of the molecule is CCOC(=O)C1CCC(CC(Cl)O[Si](C)(C)C(C)(C)C)CC1. The third kappa shape index (κ3) is 5.86. The van der Waals surface area contributed by atoms with Gasteiger partial charge in [0, 0.05) is 0 Å². The van der Waals surface area contributed by atoms with Crippen LogP contribution in [0.3, 0.4) is 0 Å². The molecule has 0 spiro atoms. The average molecular weight is 349 g/mol. The fraction of sp³-hybridized carbons (Fsp3) is 0.941. The Hall–Kier alpha value is -0.0631. The van der Waals surface area contributed by atoms with Crippen molar-refractivity contribution in [3.63, 3.8) is 0 Å². The molecule has 0 radical (unpaired) electrons. The van der Waals surface area contributed by atoms with Crippen molar-refractivity contribution in [3.8, 4) is 0 Å². The molecule has 0 aromatic heterocycles. The summed E-state index contributed by atoms with van der Waals surface area (Å²) in [6.45, 7) is 13.5. The summed E-state index contributed by atoms with van der Waals surface area (Å²) in [5.41, 5.74) is -0.204. The van der Waals surface area contributed by atoms with Crippen molar-refractivity contribution in [2.24, 2.45) is 11.8 Å². The van der Waals surface area contributed by atoms with Crippen molar-refractivity contribution in [3.05, 3.63) is 0 Å². The molecular weight excluding hydrogens is 316 g/mol. The fourth-order valence-electron chi connectivity index (χ4n) is 2.70. The smallest absolute Gasteiger partial charge is 0.308 e. The summed E-state index contributed by atoms with van der Waals surface area (Å²) in [7, 11) is -1.80. The van der Waals surface area contributed by atoms with Crippen LogP contribution in [-0.4, -0.2) is 26.5 Å². The van der Waals surface area contributed by atoms with E-state index in [1.807, 2.05) is 6.92 Å². The first-order valence-corrected chi connectivity index (χ1v) is 11.9. The zero-order valence-corrected chi connectivity index (χ0v) is 16.8. The van der Waals surface area contributed by atoms with Crippen LogP contribution in [-0.2, 0) is 14.0 Å². The zero-order valence-electron chi connectivity index (χ0n) is 15.1. The molecule has 0 aromatic rings. The molecule has 0 aliphatic heterocycles. The molecule has 0 N–H and O–H groups in total. The lowest BCUT2D eigenvalue weighted by Gasteiger charge is -2.38. The monoisotopic (exact) mass is 348 g/mol. The number of hydrogen-bond donors (Lipinski definition) is 0. The standard InChI is InChI=1S/C17H33ClO3Si/c1-7-20-16(19)14-10-8-13(9-11-14)12-15(18)21-22(5,6)17(2,3)4/h13-15H,7-12H2,1-6H3. The molecule has 22 heavy (non-hydrogen) atoms. The predicted molar refractivity (Wildman–Crippen MR) is 94.6 cm³/mol. The van der Waals surface area contributed by atoms with Gasteiger partial charge in [0.1, 0.15) is 5.56 Å². The molecular formula is C17H33ClO3Si. The highest BCUT2D eigenvalue weighted by atomic mass is 35.5. The maximum absolute atomic E-state index is 11.8. The highest BCUT2D eigenvalue weighted by Crippen LogP contribution is 2.40. The summed E-state index contributed by atoms with van der Waals surface area (Å²) in [5, 5.41) is 0.182. The number of carbonyl (C=O) groups is 1. The average Bonchev–Trinajstić information content (AvgIpc) is 2.37. The van der Waals surface area contributed by atoms with Gasteiger partial charge in [-0.05, 0) is 63.1 Å². The molecule has 0 saturated heterocycles. The van der Waals surface area contributed by atoms with Crippen molar-refractivity contribution in [1.29, 1.82) is 0 Å². The summed E-state index contributed by atoms with van der Waals surface area (Å²) in [6.07, 6.45) is 4.84. The second kappa shape index (κ2) is 8.16. The Balaban J connectivity index is 2.39. The van der Waals surface area contributed by atoms with Crippen LogP contribution in [0.15, 0.2) is 0 Å². The molecule has 3 nitrogen and oxygen atoms in total. The van der Waals surface area contributed by atoms with E-state index in [0.29, 0.717) is 12.5 Å². The van der Waals surface area contributed by atoms with Crippen LogP contribution in [0, 0.1) is 11.8 Å². The molecule has 1 aliphatic carbocycles. The van der Waals surface area contributed by atoms with Gasteiger partial charge in [0.25, 0.3) is 0 Å². The van der Waals surface area contributed by atoms with Crippen LogP contribution in [0.25, 0.3) is 0 Å². The molecule has 5 heteroatoms. The largest absolute Gasteiger partial charge is 0.466 e. The van der Waals surface area contributed by atoms with Crippen LogP contribution < -0.4 is 0 Å².